The van der Waals surface area contributed by atoms with Crippen LogP contribution in [0, 0.1) is 5.92 Å². The average molecular weight is 604 g/mol. The van der Waals surface area contributed by atoms with Crippen molar-refractivity contribution in [2.75, 3.05) is 0 Å². The molecule has 2 aliphatic rings. The molecule has 0 fully saturated rings. The molecular formula is C43H29N3O. The number of allylic oxidation sites excluding steroid dienone is 3. The van der Waals surface area contributed by atoms with Crippen molar-refractivity contribution in [2.24, 2.45) is 5.92 Å². The summed E-state index contributed by atoms with van der Waals surface area (Å²) in [5.41, 5.74) is 10.5. The van der Waals surface area contributed by atoms with E-state index in [1.807, 2.05) is 0 Å². The van der Waals surface area contributed by atoms with E-state index in [0.29, 0.717) is 5.92 Å². The summed E-state index contributed by atoms with van der Waals surface area (Å²) in [7, 11) is 0. The minimum atomic E-state index is 0.461. The van der Waals surface area contributed by atoms with Crippen molar-refractivity contribution in [1.82, 2.24) is 13.7 Å². The average Bonchev–Trinajstić information content (AvgIpc) is 3.75. The normalized spacial score (nSPS) is 15.9. The van der Waals surface area contributed by atoms with Gasteiger partial charge in [-0.15, -0.1) is 0 Å². The van der Waals surface area contributed by atoms with E-state index in [2.05, 4.69) is 160 Å². The Kier molecular flexibility index (Phi) is 4.86. The molecule has 0 bridgehead atoms. The number of nitrogens with zero attached hydrogens (tertiary/aromatic N) is 3. The van der Waals surface area contributed by atoms with Crippen molar-refractivity contribution in [3.05, 3.63) is 145 Å². The molecule has 0 saturated carbocycles. The molecule has 0 spiro atoms. The Morgan fingerprint density at radius 2 is 1.06 bits per heavy atom. The molecule has 0 amide bonds. The van der Waals surface area contributed by atoms with Gasteiger partial charge in [-0.05, 0) is 60.9 Å². The third-order valence-electron chi connectivity index (χ3n) is 10.3. The van der Waals surface area contributed by atoms with Gasteiger partial charge in [0.05, 0.1) is 38.8 Å². The molecule has 222 valence electrons. The fourth-order valence-corrected chi connectivity index (χ4v) is 8.37. The summed E-state index contributed by atoms with van der Waals surface area (Å²) >= 11 is 0. The number of benzene rings is 6. The van der Waals surface area contributed by atoms with Gasteiger partial charge in [-0.2, -0.15) is 0 Å². The lowest BCUT2D eigenvalue weighted by atomic mass is 9.99. The lowest BCUT2D eigenvalue weighted by Crippen LogP contribution is -2.15. The van der Waals surface area contributed by atoms with E-state index >= 15 is 0 Å². The van der Waals surface area contributed by atoms with E-state index in [-0.39, 0.29) is 0 Å². The Morgan fingerprint density at radius 1 is 0.532 bits per heavy atom. The zero-order valence-corrected chi connectivity index (χ0v) is 25.8. The molecule has 4 nitrogen and oxygen atoms in total. The van der Waals surface area contributed by atoms with E-state index in [1.54, 1.807) is 0 Å². The van der Waals surface area contributed by atoms with E-state index in [9.17, 15) is 0 Å². The standard InChI is InChI=1S/C43H29N3O/c1-26-21-22-39-37(23-26)46-36-20-9-5-16-32(36)42-41-31-15-4-8-19-35(31)45(38(41)25-40(47-39)43(42)46)28-12-10-11-27(24-28)44-33-17-6-2-13-29(33)30-14-3-7-18-34(30)44/h2-20,22-26H,21H2,1H3. The van der Waals surface area contributed by atoms with Crippen LogP contribution in [0.1, 0.15) is 13.3 Å². The topological polar surface area (TPSA) is 24.0 Å². The van der Waals surface area contributed by atoms with Gasteiger partial charge in [0.1, 0.15) is 5.76 Å². The first-order valence-corrected chi connectivity index (χ1v) is 16.4. The summed E-state index contributed by atoms with van der Waals surface area (Å²) in [4.78, 5) is 0. The fourth-order valence-electron chi connectivity index (χ4n) is 8.37. The second kappa shape index (κ2) is 9.05. The number of rotatable bonds is 2. The smallest absolute Gasteiger partial charge is 0.154 e. The van der Waals surface area contributed by atoms with Crippen molar-refractivity contribution >= 4 is 71.1 Å². The van der Waals surface area contributed by atoms with Gasteiger partial charge in [0.25, 0.3) is 0 Å². The number of hydrogen-bond donors (Lipinski definition) is 0. The second-order valence-electron chi connectivity index (χ2n) is 13.0. The molecule has 4 heterocycles. The monoisotopic (exact) mass is 603 g/mol. The van der Waals surface area contributed by atoms with E-state index in [1.165, 1.54) is 54.4 Å². The van der Waals surface area contributed by atoms with Crippen molar-refractivity contribution in [1.29, 1.82) is 0 Å². The highest BCUT2D eigenvalue weighted by Crippen LogP contribution is 2.50. The molecule has 0 saturated heterocycles. The molecule has 0 radical (unpaired) electrons. The Morgan fingerprint density at radius 3 is 1.72 bits per heavy atom. The summed E-state index contributed by atoms with van der Waals surface area (Å²) in [6.45, 7) is 2.28. The fraction of sp³-hybridized carbons (Fsp3) is 0.0698. The first-order valence-electron chi connectivity index (χ1n) is 16.4. The van der Waals surface area contributed by atoms with Crippen LogP contribution in [0.15, 0.2) is 145 Å². The minimum absolute atomic E-state index is 0.461. The molecular weight excluding hydrogens is 574 g/mol. The second-order valence-corrected chi connectivity index (χ2v) is 13.0. The molecule has 0 N–H and O–H groups in total. The van der Waals surface area contributed by atoms with Gasteiger partial charge in [-0.25, -0.2) is 0 Å². The Bertz CT molecular complexity index is 2820. The van der Waals surface area contributed by atoms with Crippen LogP contribution in [-0.2, 0) is 0 Å². The van der Waals surface area contributed by atoms with Crippen LogP contribution in [0.2, 0.25) is 0 Å². The van der Waals surface area contributed by atoms with Crippen molar-refractivity contribution in [3.8, 4) is 17.1 Å². The minimum Gasteiger partial charge on any atom is -0.453 e. The van der Waals surface area contributed by atoms with Crippen LogP contribution in [0.25, 0.3) is 82.5 Å². The Labute approximate surface area is 270 Å². The van der Waals surface area contributed by atoms with Gasteiger partial charge in [0.15, 0.2) is 5.75 Å². The summed E-state index contributed by atoms with van der Waals surface area (Å²) in [6, 6.07) is 46.3. The van der Waals surface area contributed by atoms with Gasteiger partial charge < -0.3 is 18.4 Å². The largest absolute Gasteiger partial charge is 0.453 e. The third-order valence-corrected chi connectivity index (χ3v) is 10.3. The van der Waals surface area contributed by atoms with Gasteiger partial charge in [0.2, 0.25) is 0 Å². The van der Waals surface area contributed by atoms with E-state index < -0.39 is 0 Å². The van der Waals surface area contributed by atoms with Gasteiger partial charge >= 0.3 is 0 Å². The van der Waals surface area contributed by atoms with Crippen LogP contribution >= 0.6 is 0 Å². The van der Waals surface area contributed by atoms with Crippen LogP contribution < -0.4 is 4.74 Å². The number of aromatic nitrogens is 3. The molecule has 1 aliphatic carbocycles. The predicted octanol–water partition coefficient (Wildman–Crippen LogP) is 11.1. The van der Waals surface area contributed by atoms with Crippen LogP contribution in [0.4, 0.5) is 0 Å². The summed E-state index contributed by atoms with van der Waals surface area (Å²) < 4.78 is 14.1. The molecule has 9 aromatic rings. The zero-order valence-electron chi connectivity index (χ0n) is 25.8. The SMILES string of the molecule is CC1C=C2C(=CC1)Oc1cc3c(c4ccccc4n3-c3cccc(-n4c5ccccc5c5ccccc54)c3)c3c4ccccc4n2c13. The van der Waals surface area contributed by atoms with Gasteiger partial charge in [0, 0.05) is 49.8 Å². The van der Waals surface area contributed by atoms with Crippen LogP contribution in [-0.4, -0.2) is 13.7 Å². The van der Waals surface area contributed by atoms with E-state index in [0.717, 1.165) is 46.0 Å². The highest BCUT2D eigenvalue weighted by atomic mass is 16.5. The number of hydrogen-bond acceptors (Lipinski definition) is 1. The summed E-state index contributed by atoms with van der Waals surface area (Å²) in [5.74, 6) is 2.32. The zero-order chi connectivity index (χ0) is 30.8. The lowest BCUT2D eigenvalue weighted by Gasteiger charge is -2.27. The molecule has 3 aromatic heterocycles. The molecule has 4 heteroatoms. The molecule has 6 aromatic carbocycles. The first kappa shape index (κ1) is 25.2. The lowest BCUT2D eigenvalue weighted by molar-refractivity contribution is 0.431. The molecule has 1 unspecified atom stereocenters. The maximum absolute atomic E-state index is 6.81. The number of ether oxygens (including phenoxy) is 1. The Balaban J connectivity index is 1.26. The highest BCUT2D eigenvalue weighted by molar-refractivity contribution is 6.31. The third kappa shape index (κ3) is 3.27. The predicted molar refractivity (Wildman–Crippen MR) is 195 cm³/mol. The number of para-hydroxylation sites is 4. The number of fused-ring (bicyclic) bond motifs is 12. The van der Waals surface area contributed by atoms with Gasteiger partial charge in [-0.3, -0.25) is 0 Å². The molecule has 1 atom stereocenters. The van der Waals surface area contributed by atoms with Crippen molar-refractivity contribution in [3.63, 3.8) is 0 Å². The first-order chi connectivity index (χ1) is 23.2. The van der Waals surface area contributed by atoms with Crippen LogP contribution in [0.3, 0.4) is 0 Å². The van der Waals surface area contributed by atoms with E-state index in [4.69, 9.17) is 4.74 Å². The Hall–Kier alpha value is -6.00. The maximum Gasteiger partial charge on any atom is 0.154 e. The molecule has 11 rings (SSSR count). The van der Waals surface area contributed by atoms with Crippen molar-refractivity contribution in [2.45, 2.75) is 13.3 Å². The van der Waals surface area contributed by atoms with Gasteiger partial charge in [-0.1, -0.05) is 91.9 Å². The quantitative estimate of drug-likeness (QED) is 0.193. The summed E-state index contributed by atoms with van der Waals surface area (Å²) in [5, 5.41) is 7.53. The maximum atomic E-state index is 6.81. The van der Waals surface area contributed by atoms with Crippen LogP contribution in [0.5, 0.6) is 5.75 Å². The molecule has 1 aliphatic heterocycles. The molecule has 47 heavy (non-hydrogen) atoms. The summed E-state index contributed by atoms with van der Waals surface area (Å²) in [6.07, 6.45) is 5.62. The van der Waals surface area contributed by atoms with Crippen molar-refractivity contribution < 1.29 is 4.74 Å². The highest BCUT2D eigenvalue weighted by Gasteiger charge is 2.31.